The quantitative estimate of drug-likeness (QED) is 0.615. The molecule has 1 aliphatic rings. The normalized spacial score (nSPS) is 14.3. The van der Waals surface area contributed by atoms with Crippen molar-refractivity contribution in [3.63, 3.8) is 0 Å². The van der Waals surface area contributed by atoms with Gasteiger partial charge in [-0.15, -0.1) is 0 Å². The molecule has 0 aliphatic carbocycles. The first-order chi connectivity index (χ1) is 13.9. The highest BCUT2D eigenvalue weighted by molar-refractivity contribution is 7.92. The van der Waals surface area contributed by atoms with Gasteiger partial charge in [0.25, 0.3) is 15.9 Å². The van der Waals surface area contributed by atoms with Crippen LogP contribution in [0.2, 0.25) is 0 Å². The highest BCUT2D eigenvalue weighted by atomic mass is 32.2. The molecule has 2 heterocycles. The molecule has 1 aliphatic heterocycles. The molecule has 1 aromatic heterocycles. The van der Waals surface area contributed by atoms with Crippen LogP contribution in [0.5, 0.6) is 5.75 Å². The summed E-state index contributed by atoms with van der Waals surface area (Å²) in [6, 6.07) is 7.68. The molecule has 10 heteroatoms. The van der Waals surface area contributed by atoms with E-state index in [-0.39, 0.29) is 16.5 Å². The van der Waals surface area contributed by atoms with Gasteiger partial charge in [-0.2, -0.15) is 0 Å². The highest BCUT2D eigenvalue weighted by Crippen LogP contribution is 2.25. The predicted molar refractivity (Wildman–Crippen MR) is 111 cm³/mol. The summed E-state index contributed by atoms with van der Waals surface area (Å²) in [4.78, 5) is 19.1. The number of anilines is 2. The Hall–Kier alpha value is -2.85. The second kappa shape index (κ2) is 9.10. The van der Waals surface area contributed by atoms with Gasteiger partial charge in [-0.3, -0.25) is 9.52 Å². The van der Waals surface area contributed by atoms with E-state index in [4.69, 9.17) is 4.74 Å². The summed E-state index contributed by atoms with van der Waals surface area (Å²) in [7, 11) is -2.39. The molecule has 2 aromatic rings. The molecule has 156 valence electrons. The number of hydrogen-bond acceptors (Lipinski definition) is 7. The third kappa shape index (κ3) is 4.96. The van der Waals surface area contributed by atoms with E-state index in [1.165, 1.54) is 31.5 Å². The van der Waals surface area contributed by atoms with Gasteiger partial charge in [0, 0.05) is 38.8 Å². The van der Waals surface area contributed by atoms with E-state index >= 15 is 0 Å². The molecule has 1 amide bonds. The number of carbonyl (C=O) groups excluding carboxylic acids is 1. The van der Waals surface area contributed by atoms with E-state index in [9.17, 15) is 13.2 Å². The van der Waals surface area contributed by atoms with Crippen LogP contribution >= 0.6 is 0 Å². The zero-order valence-electron chi connectivity index (χ0n) is 16.4. The van der Waals surface area contributed by atoms with Crippen molar-refractivity contribution in [3.8, 4) is 5.75 Å². The standard InChI is InChI=1S/C19H25N5O4S/c1-3-21-19(25)17-11-14(13-22-18(17)24-9-7-20-8-10-24)23-29(26,27)16-6-4-5-15(12-16)28-2/h4-6,11-13,20,23H,3,7-10H2,1-2H3,(H,21,25). The van der Waals surface area contributed by atoms with Crippen LogP contribution in [0.25, 0.3) is 0 Å². The average molecular weight is 420 g/mol. The number of nitrogens with one attached hydrogen (secondary N) is 3. The lowest BCUT2D eigenvalue weighted by Crippen LogP contribution is -2.44. The molecule has 0 saturated carbocycles. The number of rotatable bonds is 7. The van der Waals surface area contributed by atoms with Gasteiger partial charge < -0.3 is 20.3 Å². The maximum Gasteiger partial charge on any atom is 0.262 e. The van der Waals surface area contributed by atoms with Crippen LogP contribution in [0.1, 0.15) is 17.3 Å². The molecule has 0 atom stereocenters. The van der Waals surface area contributed by atoms with Crippen molar-refractivity contribution >= 4 is 27.4 Å². The van der Waals surface area contributed by atoms with Crippen molar-refractivity contribution < 1.29 is 17.9 Å². The number of benzene rings is 1. The van der Waals surface area contributed by atoms with Crippen LogP contribution in [0, 0.1) is 0 Å². The van der Waals surface area contributed by atoms with Crippen molar-refractivity contribution in [2.75, 3.05) is 49.5 Å². The summed E-state index contributed by atoms with van der Waals surface area (Å²) in [5.74, 6) is 0.681. The van der Waals surface area contributed by atoms with Crippen molar-refractivity contribution in [1.82, 2.24) is 15.6 Å². The Labute approximate surface area is 170 Å². The summed E-state index contributed by atoms with van der Waals surface area (Å²) >= 11 is 0. The molecule has 0 unspecified atom stereocenters. The van der Waals surface area contributed by atoms with Crippen molar-refractivity contribution in [3.05, 3.63) is 42.1 Å². The third-order valence-corrected chi connectivity index (χ3v) is 5.85. The van der Waals surface area contributed by atoms with E-state index in [2.05, 4.69) is 20.3 Å². The van der Waals surface area contributed by atoms with Crippen LogP contribution in [-0.2, 0) is 10.0 Å². The number of amides is 1. The lowest BCUT2D eigenvalue weighted by atomic mass is 10.2. The second-order valence-corrected chi connectivity index (χ2v) is 8.16. The van der Waals surface area contributed by atoms with Gasteiger partial charge in [-0.05, 0) is 25.1 Å². The van der Waals surface area contributed by atoms with Gasteiger partial charge in [0.15, 0.2) is 0 Å². The Morgan fingerprint density at radius 2 is 2.03 bits per heavy atom. The average Bonchev–Trinajstić information content (AvgIpc) is 2.74. The lowest BCUT2D eigenvalue weighted by molar-refractivity contribution is 0.0956. The first-order valence-electron chi connectivity index (χ1n) is 9.35. The third-order valence-electron chi connectivity index (χ3n) is 4.47. The zero-order valence-corrected chi connectivity index (χ0v) is 17.3. The van der Waals surface area contributed by atoms with Crippen LogP contribution in [0.4, 0.5) is 11.5 Å². The highest BCUT2D eigenvalue weighted by Gasteiger charge is 2.22. The van der Waals surface area contributed by atoms with Gasteiger partial charge in [0.2, 0.25) is 0 Å². The molecule has 9 nitrogen and oxygen atoms in total. The smallest absolute Gasteiger partial charge is 0.262 e. The molecule has 29 heavy (non-hydrogen) atoms. The molecular formula is C19H25N5O4S. The largest absolute Gasteiger partial charge is 0.497 e. The van der Waals surface area contributed by atoms with Gasteiger partial charge in [0.05, 0.1) is 29.5 Å². The molecule has 1 saturated heterocycles. The van der Waals surface area contributed by atoms with Crippen LogP contribution in [-0.4, -0.2) is 59.1 Å². The number of ether oxygens (including phenoxy) is 1. The monoisotopic (exact) mass is 419 g/mol. The Morgan fingerprint density at radius 1 is 1.28 bits per heavy atom. The van der Waals surface area contributed by atoms with Crippen LogP contribution < -0.4 is 25.0 Å². The van der Waals surface area contributed by atoms with Crippen LogP contribution in [0.15, 0.2) is 41.4 Å². The Bertz CT molecular complexity index is 974. The van der Waals surface area contributed by atoms with E-state index in [1.807, 2.05) is 11.8 Å². The minimum Gasteiger partial charge on any atom is -0.497 e. The number of sulfonamides is 1. The number of aromatic nitrogens is 1. The number of methoxy groups -OCH3 is 1. The topological polar surface area (TPSA) is 113 Å². The molecule has 3 N–H and O–H groups in total. The molecule has 0 radical (unpaired) electrons. The first-order valence-corrected chi connectivity index (χ1v) is 10.8. The van der Waals surface area contributed by atoms with Gasteiger partial charge in [-0.1, -0.05) is 6.07 Å². The Morgan fingerprint density at radius 3 is 2.72 bits per heavy atom. The summed E-state index contributed by atoms with van der Waals surface area (Å²) in [5, 5.41) is 6.02. The predicted octanol–water partition coefficient (Wildman–Crippen LogP) is 1.05. The molecule has 3 rings (SSSR count). The van der Waals surface area contributed by atoms with E-state index in [0.29, 0.717) is 36.8 Å². The fraction of sp³-hybridized carbons (Fsp3) is 0.368. The van der Waals surface area contributed by atoms with Gasteiger partial charge >= 0.3 is 0 Å². The van der Waals surface area contributed by atoms with E-state index in [1.54, 1.807) is 12.1 Å². The minimum absolute atomic E-state index is 0.0580. The summed E-state index contributed by atoms with van der Waals surface area (Å²) in [6.07, 6.45) is 1.43. The van der Waals surface area contributed by atoms with Gasteiger partial charge in [-0.25, -0.2) is 13.4 Å². The Balaban J connectivity index is 1.92. The molecule has 1 aromatic carbocycles. The molecule has 1 fully saturated rings. The number of hydrogen-bond donors (Lipinski definition) is 3. The van der Waals surface area contributed by atoms with Gasteiger partial charge in [0.1, 0.15) is 11.6 Å². The lowest BCUT2D eigenvalue weighted by Gasteiger charge is -2.30. The first kappa shape index (κ1) is 20.9. The maximum absolute atomic E-state index is 12.7. The fourth-order valence-electron chi connectivity index (χ4n) is 3.05. The second-order valence-electron chi connectivity index (χ2n) is 6.48. The zero-order chi connectivity index (χ0) is 20.9. The van der Waals surface area contributed by atoms with Crippen molar-refractivity contribution in [2.24, 2.45) is 0 Å². The van der Waals surface area contributed by atoms with E-state index in [0.717, 1.165) is 13.1 Å². The number of nitrogens with zero attached hydrogens (tertiary/aromatic N) is 2. The fourth-order valence-corrected chi connectivity index (χ4v) is 4.12. The summed E-state index contributed by atoms with van der Waals surface area (Å²) < 4.78 is 33.1. The number of carbonyl (C=O) groups is 1. The Kier molecular flexibility index (Phi) is 6.55. The minimum atomic E-state index is -3.86. The molecular weight excluding hydrogens is 394 g/mol. The van der Waals surface area contributed by atoms with Crippen molar-refractivity contribution in [2.45, 2.75) is 11.8 Å². The van der Waals surface area contributed by atoms with Crippen LogP contribution in [0.3, 0.4) is 0 Å². The maximum atomic E-state index is 12.7. The summed E-state index contributed by atoms with van der Waals surface area (Å²) in [5.41, 5.74) is 0.549. The molecule has 0 bridgehead atoms. The van der Waals surface area contributed by atoms with E-state index < -0.39 is 10.0 Å². The summed E-state index contributed by atoms with van der Waals surface area (Å²) in [6.45, 7) is 5.30. The molecule has 0 spiro atoms. The number of piperazine rings is 1. The number of pyridine rings is 1. The van der Waals surface area contributed by atoms with Crippen molar-refractivity contribution in [1.29, 1.82) is 0 Å². The SMILES string of the molecule is CCNC(=O)c1cc(NS(=O)(=O)c2cccc(OC)c2)cnc1N1CCNCC1.